The van der Waals surface area contributed by atoms with E-state index in [-0.39, 0.29) is 6.61 Å². The number of nitrogens with zero attached hydrogens (tertiary/aromatic N) is 5. The van der Waals surface area contributed by atoms with Crippen molar-refractivity contribution in [2.75, 3.05) is 0 Å². The lowest BCUT2D eigenvalue weighted by atomic mass is 10.1. The van der Waals surface area contributed by atoms with E-state index in [2.05, 4.69) is 31.9 Å². The maximum Gasteiger partial charge on any atom is 0.250 e. The first-order valence-electron chi connectivity index (χ1n) is 10.5. The molecule has 6 rings (SSSR count). The molecule has 0 N–H and O–H groups in total. The van der Waals surface area contributed by atoms with E-state index in [9.17, 15) is 0 Å². The van der Waals surface area contributed by atoms with E-state index in [1.54, 1.807) is 16.9 Å². The number of hydrogen-bond donors (Lipinski definition) is 0. The van der Waals surface area contributed by atoms with Gasteiger partial charge < -0.3 is 9.15 Å². The smallest absolute Gasteiger partial charge is 0.250 e. The van der Waals surface area contributed by atoms with Crippen LogP contribution in [0.5, 0.6) is 5.88 Å². The molecule has 8 heteroatoms. The number of furan rings is 1. The molecule has 0 atom stereocenters. The Morgan fingerprint density at radius 1 is 1.03 bits per heavy atom. The van der Waals surface area contributed by atoms with Gasteiger partial charge in [0.2, 0.25) is 5.88 Å². The van der Waals surface area contributed by atoms with Crippen LogP contribution < -0.4 is 4.74 Å². The summed E-state index contributed by atoms with van der Waals surface area (Å²) in [6.45, 7) is 0.226. The van der Waals surface area contributed by atoms with E-state index in [1.165, 1.54) is 0 Å². The Bertz CT molecular complexity index is 1760. The number of pyridine rings is 1. The highest BCUT2D eigenvalue weighted by Gasteiger charge is 2.14. The molecule has 0 aliphatic rings. The molecule has 0 radical (unpaired) electrons. The second-order valence-electron chi connectivity index (χ2n) is 7.67. The van der Waals surface area contributed by atoms with Crippen molar-refractivity contribution in [1.29, 1.82) is 0 Å². The second-order valence-corrected chi connectivity index (χ2v) is 8.11. The van der Waals surface area contributed by atoms with Crippen LogP contribution in [0, 0.1) is 11.8 Å². The van der Waals surface area contributed by atoms with Crippen LogP contribution in [0.25, 0.3) is 33.1 Å². The van der Waals surface area contributed by atoms with Crippen molar-refractivity contribution in [3.05, 3.63) is 89.0 Å². The fraction of sp³-hybridized carbons (Fsp3) is 0.0769. The standard InChI is InChI=1S/C26H16ClN5O2/c1-32-13-11-18(31-32)8-9-22-26(30-21-6-3-12-28-25(21)29-22)33-15-16-4-2-5-19-20-14-17(27)7-10-23(20)34-24(16)19/h2-7,10-14H,15H2,1H3. The van der Waals surface area contributed by atoms with Gasteiger partial charge in [-0.1, -0.05) is 29.8 Å². The summed E-state index contributed by atoms with van der Waals surface area (Å²) in [6.07, 6.45) is 3.50. The normalized spacial score (nSPS) is 11.1. The lowest BCUT2D eigenvalue weighted by Gasteiger charge is -2.08. The highest BCUT2D eigenvalue weighted by atomic mass is 35.5. The monoisotopic (exact) mass is 465 g/mol. The van der Waals surface area contributed by atoms with E-state index in [0.717, 1.165) is 27.5 Å². The van der Waals surface area contributed by atoms with E-state index in [1.807, 2.05) is 61.8 Å². The van der Waals surface area contributed by atoms with Crippen molar-refractivity contribution in [2.45, 2.75) is 6.61 Å². The number of aryl methyl sites for hydroxylation is 1. The summed E-state index contributed by atoms with van der Waals surface area (Å²) in [5, 5.41) is 6.88. The maximum atomic E-state index is 6.19. The molecule has 0 saturated carbocycles. The van der Waals surface area contributed by atoms with Crippen molar-refractivity contribution >= 4 is 44.7 Å². The zero-order valence-corrected chi connectivity index (χ0v) is 18.7. The van der Waals surface area contributed by atoms with Crippen LogP contribution in [0.2, 0.25) is 5.02 Å². The van der Waals surface area contributed by atoms with Gasteiger partial charge in [0.05, 0.1) is 0 Å². The Morgan fingerprint density at radius 3 is 2.85 bits per heavy atom. The first-order chi connectivity index (χ1) is 16.6. The molecule has 4 heterocycles. The number of halogens is 1. The molecule has 0 unspecified atom stereocenters. The number of benzene rings is 2. The van der Waals surface area contributed by atoms with Crippen LogP contribution in [0.1, 0.15) is 17.0 Å². The molecule has 34 heavy (non-hydrogen) atoms. The second kappa shape index (κ2) is 8.18. The predicted octanol–water partition coefficient (Wildman–Crippen LogP) is 5.29. The van der Waals surface area contributed by atoms with Crippen LogP contribution in [-0.2, 0) is 13.7 Å². The quantitative estimate of drug-likeness (QED) is 0.330. The third-order valence-electron chi connectivity index (χ3n) is 5.34. The molecular formula is C26H16ClN5O2. The molecule has 2 aromatic carbocycles. The van der Waals surface area contributed by atoms with E-state index in [0.29, 0.717) is 33.5 Å². The zero-order chi connectivity index (χ0) is 23.1. The van der Waals surface area contributed by atoms with E-state index >= 15 is 0 Å². The first kappa shape index (κ1) is 20.2. The average molecular weight is 466 g/mol. The van der Waals surface area contributed by atoms with Crippen molar-refractivity contribution in [3.8, 4) is 17.7 Å². The van der Waals surface area contributed by atoms with Crippen LogP contribution >= 0.6 is 11.6 Å². The fourth-order valence-corrected chi connectivity index (χ4v) is 3.93. The predicted molar refractivity (Wildman–Crippen MR) is 130 cm³/mol. The summed E-state index contributed by atoms with van der Waals surface area (Å²) >= 11 is 6.19. The number of fused-ring (bicyclic) bond motifs is 4. The maximum absolute atomic E-state index is 6.19. The number of para-hydroxylation sites is 1. The summed E-state index contributed by atoms with van der Waals surface area (Å²) in [5.74, 6) is 6.37. The van der Waals surface area contributed by atoms with Gasteiger partial charge in [-0.2, -0.15) is 5.10 Å². The minimum Gasteiger partial charge on any atom is -0.471 e. The lowest BCUT2D eigenvalue weighted by Crippen LogP contribution is -2.03. The lowest BCUT2D eigenvalue weighted by molar-refractivity contribution is 0.293. The zero-order valence-electron chi connectivity index (χ0n) is 18.0. The van der Waals surface area contributed by atoms with Gasteiger partial charge in [0.15, 0.2) is 11.3 Å². The van der Waals surface area contributed by atoms with Crippen LogP contribution in [0.3, 0.4) is 0 Å². The third kappa shape index (κ3) is 3.70. The Labute approximate surface area is 199 Å². The Morgan fingerprint density at radius 2 is 1.97 bits per heavy atom. The largest absolute Gasteiger partial charge is 0.471 e. The molecular weight excluding hydrogens is 450 g/mol. The fourth-order valence-electron chi connectivity index (χ4n) is 3.75. The first-order valence-corrected chi connectivity index (χ1v) is 10.9. The molecule has 164 valence electrons. The SMILES string of the molecule is Cn1ccc(C#Cc2nc3ncccc3nc2OCc2cccc3c2oc2ccc(Cl)cc23)n1. The van der Waals surface area contributed by atoms with Crippen molar-refractivity contribution < 1.29 is 9.15 Å². The van der Waals surface area contributed by atoms with Gasteiger partial charge in [0.25, 0.3) is 0 Å². The molecule has 7 nitrogen and oxygen atoms in total. The molecule has 4 aromatic heterocycles. The van der Waals surface area contributed by atoms with Gasteiger partial charge in [-0.25, -0.2) is 15.0 Å². The van der Waals surface area contributed by atoms with Gasteiger partial charge in [-0.3, -0.25) is 4.68 Å². The average Bonchev–Trinajstić information content (AvgIpc) is 3.44. The molecule has 0 bridgehead atoms. The number of ether oxygens (including phenoxy) is 1. The summed E-state index contributed by atoms with van der Waals surface area (Å²) in [7, 11) is 1.84. The number of hydrogen-bond acceptors (Lipinski definition) is 6. The van der Waals surface area contributed by atoms with Gasteiger partial charge in [-0.05, 0) is 48.2 Å². The number of rotatable bonds is 3. The molecule has 0 aliphatic heterocycles. The number of aromatic nitrogens is 5. The topological polar surface area (TPSA) is 78.9 Å². The van der Waals surface area contributed by atoms with Crippen molar-refractivity contribution in [1.82, 2.24) is 24.7 Å². The van der Waals surface area contributed by atoms with Crippen molar-refractivity contribution in [3.63, 3.8) is 0 Å². The van der Waals surface area contributed by atoms with E-state index < -0.39 is 0 Å². The summed E-state index contributed by atoms with van der Waals surface area (Å²) in [5.41, 5.74) is 4.53. The molecule has 0 aliphatic carbocycles. The van der Waals surface area contributed by atoms with Crippen LogP contribution in [0.15, 0.2) is 71.4 Å². The van der Waals surface area contributed by atoms with Gasteiger partial charge in [0.1, 0.15) is 29.0 Å². The molecule has 0 spiro atoms. The van der Waals surface area contributed by atoms with Gasteiger partial charge in [-0.15, -0.1) is 0 Å². The van der Waals surface area contributed by atoms with Gasteiger partial charge in [0, 0.05) is 40.8 Å². The molecule has 6 aromatic rings. The Kier molecular flexibility index (Phi) is 4.86. The Hall–Kier alpha value is -4.41. The summed E-state index contributed by atoms with van der Waals surface area (Å²) < 4.78 is 13.9. The van der Waals surface area contributed by atoms with E-state index in [4.69, 9.17) is 20.8 Å². The van der Waals surface area contributed by atoms with Crippen LogP contribution in [-0.4, -0.2) is 24.7 Å². The van der Waals surface area contributed by atoms with Crippen molar-refractivity contribution in [2.24, 2.45) is 7.05 Å². The third-order valence-corrected chi connectivity index (χ3v) is 5.57. The highest BCUT2D eigenvalue weighted by Crippen LogP contribution is 2.33. The Balaban J connectivity index is 1.39. The molecule has 0 fully saturated rings. The van der Waals surface area contributed by atoms with Crippen LogP contribution in [0.4, 0.5) is 0 Å². The molecule has 0 amide bonds. The minimum atomic E-state index is 0.226. The summed E-state index contributed by atoms with van der Waals surface area (Å²) in [6, 6.07) is 17.0. The van der Waals surface area contributed by atoms with Gasteiger partial charge >= 0.3 is 0 Å². The highest BCUT2D eigenvalue weighted by molar-refractivity contribution is 6.31. The minimum absolute atomic E-state index is 0.226. The summed E-state index contributed by atoms with van der Waals surface area (Å²) in [4.78, 5) is 13.5. The molecule has 0 saturated heterocycles.